The first-order valence-electron chi connectivity index (χ1n) is 6.60. The summed E-state index contributed by atoms with van der Waals surface area (Å²) in [5, 5.41) is 0. The summed E-state index contributed by atoms with van der Waals surface area (Å²) in [6.07, 6.45) is 0.446. The normalized spacial score (nSPS) is 12.2. The minimum absolute atomic E-state index is 0.167. The highest BCUT2D eigenvalue weighted by atomic mass is 79.9. The molecule has 3 N–H and O–H groups in total. The van der Waals surface area contributed by atoms with Crippen LogP contribution in [0.4, 0.5) is 4.39 Å². The van der Waals surface area contributed by atoms with Gasteiger partial charge in [-0.1, -0.05) is 34.1 Å². The van der Waals surface area contributed by atoms with Gasteiger partial charge in [0, 0.05) is 4.47 Å². The molecular weight excluding hydrogens is 335 g/mol. The highest BCUT2D eigenvalue weighted by Gasteiger charge is 2.17. The smallest absolute Gasteiger partial charge is 0.168 e. The molecule has 0 aliphatic carbocycles. The van der Waals surface area contributed by atoms with Crippen molar-refractivity contribution < 1.29 is 9.13 Å². The van der Waals surface area contributed by atoms with E-state index in [1.165, 1.54) is 7.11 Å². The summed E-state index contributed by atoms with van der Waals surface area (Å²) in [6.45, 7) is 2.01. The average Bonchev–Trinajstić information content (AvgIpc) is 2.47. The van der Waals surface area contributed by atoms with E-state index in [0.29, 0.717) is 12.0 Å². The molecule has 5 heteroatoms. The number of methoxy groups -OCH3 is 1. The summed E-state index contributed by atoms with van der Waals surface area (Å²) in [5.74, 6) is 5.57. The number of halogens is 2. The number of hydrogen-bond acceptors (Lipinski definition) is 3. The van der Waals surface area contributed by atoms with Gasteiger partial charge in [-0.15, -0.1) is 0 Å². The molecule has 0 aliphatic rings. The summed E-state index contributed by atoms with van der Waals surface area (Å²) < 4.78 is 20.3. The van der Waals surface area contributed by atoms with Crippen LogP contribution in [0.25, 0.3) is 0 Å². The van der Waals surface area contributed by atoms with Crippen LogP contribution in [0.5, 0.6) is 5.75 Å². The first-order chi connectivity index (χ1) is 10.1. The maximum Gasteiger partial charge on any atom is 0.168 e. The number of nitrogens with one attached hydrogen (secondary N) is 1. The van der Waals surface area contributed by atoms with E-state index in [2.05, 4.69) is 21.4 Å². The molecule has 0 saturated heterocycles. The number of aryl methyl sites for hydroxylation is 1. The standard InChI is InChI=1S/C16H18BrFN2O/c1-10-8-12(17)6-7-13(10)14(20-19)9-11-4-3-5-15(21-2)16(11)18/h3-8,14,20H,9,19H2,1-2H3. The Bertz CT molecular complexity index is 634. The van der Waals surface area contributed by atoms with Crippen molar-refractivity contribution in [1.82, 2.24) is 5.43 Å². The van der Waals surface area contributed by atoms with Gasteiger partial charge in [0.25, 0.3) is 0 Å². The molecule has 3 nitrogen and oxygen atoms in total. The van der Waals surface area contributed by atoms with Gasteiger partial charge < -0.3 is 4.74 Å². The van der Waals surface area contributed by atoms with Gasteiger partial charge >= 0.3 is 0 Å². The Labute approximate surface area is 132 Å². The van der Waals surface area contributed by atoms with E-state index in [9.17, 15) is 4.39 Å². The van der Waals surface area contributed by atoms with Gasteiger partial charge in [-0.25, -0.2) is 4.39 Å². The first kappa shape index (κ1) is 15.9. The lowest BCUT2D eigenvalue weighted by molar-refractivity contribution is 0.382. The molecule has 0 amide bonds. The number of nitrogens with two attached hydrogens (primary N) is 1. The molecule has 0 bridgehead atoms. The fourth-order valence-corrected chi connectivity index (χ4v) is 2.86. The third-order valence-electron chi connectivity index (χ3n) is 3.50. The minimum atomic E-state index is -0.338. The largest absolute Gasteiger partial charge is 0.494 e. The fourth-order valence-electron chi connectivity index (χ4n) is 2.38. The lowest BCUT2D eigenvalue weighted by atomic mass is 9.95. The molecule has 0 aliphatic heterocycles. The Hall–Kier alpha value is -1.43. The van der Waals surface area contributed by atoms with Gasteiger partial charge in [0.1, 0.15) is 0 Å². The van der Waals surface area contributed by atoms with Crippen molar-refractivity contribution in [2.24, 2.45) is 5.84 Å². The number of hydrogen-bond donors (Lipinski definition) is 2. The quantitative estimate of drug-likeness (QED) is 0.637. The van der Waals surface area contributed by atoms with Gasteiger partial charge in [0.15, 0.2) is 11.6 Å². The minimum Gasteiger partial charge on any atom is -0.494 e. The zero-order chi connectivity index (χ0) is 15.4. The van der Waals surface area contributed by atoms with Crippen LogP contribution in [0.1, 0.15) is 22.7 Å². The lowest BCUT2D eigenvalue weighted by Gasteiger charge is -2.19. The van der Waals surface area contributed by atoms with E-state index in [4.69, 9.17) is 10.6 Å². The Morgan fingerprint density at radius 3 is 2.71 bits per heavy atom. The van der Waals surface area contributed by atoms with Crippen molar-refractivity contribution in [3.05, 3.63) is 63.4 Å². The van der Waals surface area contributed by atoms with Crippen LogP contribution in [0.2, 0.25) is 0 Å². The summed E-state index contributed by atoms with van der Waals surface area (Å²) >= 11 is 3.44. The van der Waals surface area contributed by atoms with E-state index in [1.807, 2.05) is 25.1 Å². The predicted octanol–water partition coefficient (Wildman–Crippen LogP) is 3.65. The van der Waals surface area contributed by atoms with Crippen LogP contribution in [0.15, 0.2) is 40.9 Å². The number of benzene rings is 2. The second-order valence-corrected chi connectivity index (χ2v) is 5.77. The Morgan fingerprint density at radius 1 is 1.33 bits per heavy atom. The molecule has 0 saturated carbocycles. The second-order valence-electron chi connectivity index (χ2n) is 4.86. The molecule has 2 aromatic rings. The molecule has 0 radical (unpaired) electrons. The van der Waals surface area contributed by atoms with E-state index >= 15 is 0 Å². The van der Waals surface area contributed by atoms with Crippen LogP contribution in [0.3, 0.4) is 0 Å². The molecule has 1 atom stereocenters. The molecule has 0 fully saturated rings. The first-order valence-corrected chi connectivity index (χ1v) is 7.39. The molecular formula is C16H18BrFN2O. The highest BCUT2D eigenvalue weighted by Crippen LogP contribution is 2.27. The summed E-state index contributed by atoms with van der Waals surface area (Å²) in [5.41, 5.74) is 5.48. The Morgan fingerprint density at radius 2 is 2.10 bits per heavy atom. The molecule has 2 rings (SSSR count). The number of rotatable bonds is 5. The third-order valence-corrected chi connectivity index (χ3v) is 3.99. The van der Waals surface area contributed by atoms with Gasteiger partial charge in [-0.2, -0.15) is 0 Å². The van der Waals surface area contributed by atoms with Crippen LogP contribution >= 0.6 is 15.9 Å². The molecule has 0 heterocycles. The molecule has 112 valence electrons. The monoisotopic (exact) mass is 352 g/mol. The summed E-state index contributed by atoms with van der Waals surface area (Å²) in [4.78, 5) is 0. The van der Waals surface area contributed by atoms with E-state index in [-0.39, 0.29) is 17.6 Å². The maximum absolute atomic E-state index is 14.2. The third kappa shape index (κ3) is 3.61. The molecule has 21 heavy (non-hydrogen) atoms. The van der Waals surface area contributed by atoms with Gasteiger partial charge in [-0.05, 0) is 48.2 Å². The van der Waals surface area contributed by atoms with E-state index in [0.717, 1.165) is 15.6 Å². The fraction of sp³-hybridized carbons (Fsp3) is 0.250. The lowest BCUT2D eigenvalue weighted by Crippen LogP contribution is -2.30. The van der Waals surface area contributed by atoms with Crippen molar-refractivity contribution in [2.75, 3.05) is 7.11 Å². The van der Waals surface area contributed by atoms with Crippen LogP contribution in [-0.4, -0.2) is 7.11 Å². The van der Waals surface area contributed by atoms with E-state index < -0.39 is 0 Å². The molecule has 0 spiro atoms. The van der Waals surface area contributed by atoms with Crippen molar-refractivity contribution in [3.8, 4) is 5.75 Å². The number of ether oxygens (including phenoxy) is 1. The van der Waals surface area contributed by atoms with Crippen LogP contribution < -0.4 is 16.0 Å². The molecule has 2 aromatic carbocycles. The van der Waals surface area contributed by atoms with Crippen molar-refractivity contribution in [2.45, 2.75) is 19.4 Å². The van der Waals surface area contributed by atoms with Crippen molar-refractivity contribution >= 4 is 15.9 Å². The molecule has 1 unspecified atom stereocenters. The van der Waals surface area contributed by atoms with Crippen molar-refractivity contribution in [1.29, 1.82) is 0 Å². The Kier molecular flexibility index (Phi) is 5.33. The van der Waals surface area contributed by atoms with Gasteiger partial charge in [-0.3, -0.25) is 11.3 Å². The van der Waals surface area contributed by atoms with Crippen LogP contribution in [0, 0.1) is 12.7 Å². The zero-order valence-electron chi connectivity index (χ0n) is 12.0. The summed E-state index contributed by atoms with van der Waals surface area (Å²) in [6, 6.07) is 10.9. The SMILES string of the molecule is COc1cccc(CC(NN)c2ccc(Br)cc2C)c1F. The average molecular weight is 353 g/mol. The van der Waals surface area contributed by atoms with E-state index in [1.54, 1.807) is 18.2 Å². The zero-order valence-corrected chi connectivity index (χ0v) is 13.6. The van der Waals surface area contributed by atoms with Gasteiger partial charge in [0.05, 0.1) is 13.2 Å². The van der Waals surface area contributed by atoms with Crippen molar-refractivity contribution in [3.63, 3.8) is 0 Å². The second kappa shape index (κ2) is 7.02. The maximum atomic E-state index is 14.2. The predicted molar refractivity (Wildman–Crippen MR) is 85.6 cm³/mol. The number of hydrazine groups is 1. The molecule has 0 aromatic heterocycles. The van der Waals surface area contributed by atoms with Gasteiger partial charge in [0.2, 0.25) is 0 Å². The summed E-state index contributed by atoms with van der Waals surface area (Å²) in [7, 11) is 1.46. The Balaban J connectivity index is 2.31. The highest BCUT2D eigenvalue weighted by molar-refractivity contribution is 9.10. The topological polar surface area (TPSA) is 47.3 Å². The van der Waals surface area contributed by atoms with Crippen LogP contribution in [-0.2, 0) is 6.42 Å².